The topological polar surface area (TPSA) is 89.8 Å². The van der Waals surface area contributed by atoms with E-state index in [2.05, 4.69) is 10.4 Å². The van der Waals surface area contributed by atoms with Crippen LogP contribution in [0, 0.1) is 0 Å². The Labute approximate surface area is 147 Å². The molecule has 1 N–H and O–H groups in total. The maximum atomic E-state index is 12.5. The smallest absolute Gasteiger partial charge is 0.413 e. The zero-order chi connectivity index (χ0) is 18.4. The number of pyridine rings is 1. The number of rotatable bonds is 4. The summed E-state index contributed by atoms with van der Waals surface area (Å²) in [7, 11) is -3.57. The van der Waals surface area contributed by atoms with Gasteiger partial charge in [0.2, 0.25) is 0 Å². The zero-order valence-corrected chi connectivity index (χ0v) is 15.7. The maximum absolute atomic E-state index is 12.5. The highest BCUT2D eigenvalue weighted by Gasteiger charge is 2.29. The number of nitrogens with one attached hydrogen (secondary N) is 1. The molecule has 0 spiro atoms. The van der Waals surface area contributed by atoms with E-state index in [0.29, 0.717) is 11.4 Å². The van der Waals surface area contributed by atoms with Gasteiger partial charge in [0.05, 0.1) is 11.3 Å². The number of carbonyl (C=O) groups excluding carboxylic acids is 1. The molecule has 0 saturated heterocycles. The first-order valence-electron chi connectivity index (χ1n) is 8.36. The third-order valence-electron chi connectivity index (χ3n) is 3.97. The van der Waals surface area contributed by atoms with Crippen LogP contribution in [-0.2, 0) is 14.6 Å². The highest BCUT2D eigenvalue weighted by molar-refractivity contribution is 7.91. The van der Waals surface area contributed by atoms with E-state index < -0.39 is 21.5 Å². The van der Waals surface area contributed by atoms with Crippen molar-refractivity contribution in [2.75, 3.05) is 11.1 Å². The Kier molecular flexibility index (Phi) is 4.26. The van der Waals surface area contributed by atoms with Gasteiger partial charge in [-0.1, -0.05) is 13.0 Å². The molecule has 0 aromatic carbocycles. The Balaban J connectivity index is 2.06. The van der Waals surface area contributed by atoms with Crippen molar-refractivity contribution in [3.63, 3.8) is 0 Å². The first-order chi connectivity index (χ1) is 11.6. The molecule has 2 aromatic rings. The molecule has 0 unspecified atom stereocenters. The molecule has 7 nitrogen and oxygen atoms in total. The third-order valence-corrected chi connectivity index (χ3v) is 5.75. The summed E-state index contributed by atoms with van der Waals surface area (Å²) in [6.45, 7) is 6.78. The van der Waals surface area contributed by atoms with Crippen molar-refractivity contribution >= 4 is 27.3 Å². The van der Waals surface area contributed by atoms with Gasteiger partial charge in [0.1, 0.15) is 10.5 Å². The highest BCUT2D eigenvalue weighted by Crippen LogP contribution is 2.40. The van der Waals surface area contributed by atoms with Gasteiger partial charge in [0, 0.05) is 6.20 Å². The second-order valence-corrected chi connectivity index (χ2v) is 9.49. The lowest BCUT2D eigenvalue weighted by atomic mass is 10.2. The second-order valence-electron chi connectivity index (χ2n) is 7.27. The number of nitrogens with zero attached hydrogens (tertiary/aromatic N) is 2. The Morgan fingerprint density at radius 1 is 1.36 bits per heavy atom. The minimum Gasteiger partial charge on any atom is -0.444 e. The maximum Gasteiger partial charge on any atom is 0.413 e. The molecule has 136 valence electrons. The van der Waals surface area contributed by atoms with Crippen LogP contribution in [0.25, 0.3) is 5.52 Å². The molecular formula is C17H23N3O4S. The number of hydrogen-bond acceptors (Lipinski definition) is 5. The van der Waals surface area contributed by atoms with E-state index in [1.165, 1.54) is 4.52 Å². The van der Waals surface area contributed by atoms with Crippen LogP contribution in [0.5, 0.6) is 0 Å². The quantitative estimate of drug-likeness (QED) is 0.897. The van der Waals surface area contributed by atoms with Crippen LogP contribution >= 0.6 is 0 Å². The molecule has 8 heteroatoms. The summed E-state index contributed by atoms with van der Waals surface area (Å²) in [5.74, 6) is 0.438. The monoisotopic (exact) mass is 365 g/mol. The first kappa shape index (κ1) is 17.7. The van der Waals surface area contributed by atoms with Gasteiger partial charge < -0.3 is 4.74 Å². The molecule has 0 bridgehead atoms. The number of ether oxygens (including phenoxy) is 1. The summed E-state index contributed by atoms with van der Waals surface area (Å²) >= 11 is 0. The third kappa shape index (κ3) is 3.78. The molecule has 3 rings (SSSR count). The van der Waals surface area contributed by atoms with E-state index in [9.17, 15) is 13.2 Å². The van der Waals surface area contributed by atoms with E-state index in [0.717, 1.165) is 18.4 Å². The molecule has 0 radical (unpaired) electrons. The van der Waals surface area contributed by atoms with Crippen LogP contribution in [-0.4, -0.2) is 35.5 Å². The van der Waals surface area contributed by atoms with Crippen LogP contribution in [0.15, 0.2) is 23.2 Å². The van der Waals surface area contributed by atoms with Gasteiger partial charge in [0.15, 0.2) is 15.7 Å². The number of aromatic nitrogens is 2. The van der Waals surface area contributed by atoms with Gasteiger partial charge >= 0.3 is 6.09 Å². The van der Waals surface area contributed by atoms with Crippen molar-refractivity contribution in [2.45, 2.75) is 57.0 Å². The lowest BCUT2D eigenvalue weighted by Crippen LogP contribution is -2.27. The minimum atomic E-state index is -3.57. The van der Waals surface area contributed by atoms with Crippen LogP contribution in [0.1, 0.15) is 52.0 Å². The number of anilines is 1. The zero-order valence-electron chi connectivity index (χ0n) is 14.9. The summed E-state index contributed by atoms with van der Waals surface area (Å²) in [4.78, 5) is 12.1. The number of hydrogen-bond donors (Lipinski definition) is 1. The van der Waals surface area contributed by atoms with E-state index in [1.54, 1.807) is 33.8 Å². The Morgan fingerprint density at radius 2 is 2.04 bits per heavy atom. The number of carbonyl (C=O) groups is 1. The van der Waals surface area contributed by atoms with Gasteiger partial charge in [0.25, 0.3) is 0 Å². The van der Waals surface area contributed by atoms with Crippen LogP contribution in [0.3, 0.4) is 0 Å². The standard InChI is InChI=1S/C17H23N3O4S/c1-5-25(22,23)14-13-9-8-12(11-6-7-11)10-20(13)19-15(14)18-16(21)24-17(2,3)4/h8-11H,5-7H2,1-4H3,(H,18,19,21). The van der Waals surface area contributed by atoms with Crippen molar-refractivity contribution in [3.8, 4) is 0 Å². The average molecular weight is 365 g/mol. The lowest BCUT2D eigenvalue weighted by Gasteiger charge is -2.19. The van der Waals surface area contributed by atoms with Gasteiger partial charge in [-0.25, -0.2) is 17.7 Å². The van der Waals surface area contributed by atoms with Crippen molar-refractivity contribution in [3.05, 3.63) is 23.9 Å². The Morgan fingerprint density at radius 3 is 2.60 bits per heavy atom. The Hall–Kier alpha value is -2.09. The predicted molar refractivity (Wildman–Crippen MR) is 94.8 cm³/mol. The lowest BCUT2D eigenvalue weighted by molar-refractivity contribution is 0.0635. The average Bonchev–Trinajstić information content (AvgIpc) is 3.26. The summed E-state index contributed by atoms with van der Waals surface area (Å²) in [5, 5.41) is 6.78. The number of fused-ring (bicyclic) bond motifs is 1. The molecular weight excluding hydrogens is 342 g/mol. The normalized spacial score (nSPS) is 15.4. The fourth-order valence-electron chi connectivity index (χ4n) is 2.63. The minimum absolute atomic E-state index is 0.00375. The van der Waals surface area contributed by atoms with Crippen molar-refractivity contribution in [1.29, 1.82) is 0 Å². The molecule has 1 aliphatic rings. The van der Waals surface area contributed by atoms with Crippen molar-refractivity contribution in [1.82, 2.24) is 9.61 Å². The second kappa shape index (κ2) is 6.01. The van der Waals surface area contributed by atoms with E-state index in [-0.39, 0.29) is 16.5 Å². The molecule has 0 aliphatic heterocycles. The van der Waals surface area contributed by atoms with E-state index in [1.807, 2.05) is 12.3 Å². The fraction of sp³-hybridized carbons (Fsp3) is 0.529. The molecule has 2 heterocycles. The predicted octanol–water partition coefficient (Wildman–Crippen LogP) is 3.35. The molecule has 2 aromatic heterocycles. The summed E-state index contributed by atoms with van der Waals surface area (Å²) in [5.41, 5.74) is 0.892. The largest absolute Gasteiger partial charge is 0.444 e. The summed E-state index contributed by atoms with van der Waals surface area (Å²) in [6, 6.07) is 3.68. The van der Waals surface area contributed by atoms with Crippen LogP contribution < -0.4 is 5.32 Å². The Bertz CT molecular complexity index is 921. The van der Waals surface area contributed by atoms with Gasteiger partial charge in [-0.05, 0) is 51.2 Å². The number of amides is 1. The highest BCUT2D eigenvalue weighted by atomic mass is 32.2. The van der Waals surface area contributed by atoms with Gasteiger partial charge in [-0.2, -0.15) is 0 Å². The van der Waals surface area contributed by atoms with E-state index >= 15 is 0 Å². The fourth-order valence-corrected chi connectivity index (χ4v) is 3.79. The molecule has 0 atom stereocenters. The van der Waals surface area contributed by atoms with Crippen molar-refractivity contribution in [2.24, 2.45) is 0 Å². The molecule has 1 fully saturated rings. The molecule has 1 amide bonds. The van der Waals surface area contributed by atoms with Gasteiger partial charge in [-0.3, -0.25) is 5.32 Å². The van der Waals surface area contributed by atoms with Crippen molar-refractivity contribution < 1.29 is 17.9 Å². The SMILES string of the molecule is CCS(=O)(=O)c1c(NC(=O)OC(C)(C)C)nn2cc(C3CC3)ccc12. The summed E-state index contributed by atoms with van der Waals surface area (Å²) < 4.78 is 31.8. The molecule has 1 aliphatic carbocycles. The van der Waals surface area contributed by atoms with Gasteiger partial charge in [-0.15, -0.1) is 5.10 Å². The summed E-state index contributed by atoms with van der Waals surface area (Å²) in [6.07, 6.45) is 3.37. The van der Waals surface area contributed by atoms with Crippen LogP contribution in [0.4, 0.5) is 10.6 Å². The van der Waals surface area contributed by atoms with E-state index in [4.69, 9.17) is 4.74 Å². The molecule has 1 saturated carbocycles. The van der Waals surface area contributed by atoms with Crippen LogP contribution in [0.2, 0.25) is 0 Å². The number of sulfone groups is 1. The first-order valence-corrected chi connectivity index (χ1v) is 10.0. The molecule has 25 heavy (non-hydrogen) atoms.